The molecule has 0 saturated heterocycles. The van der Waals surface area contributed by atoms with E-state index in [1.165, 1.54) is 11.8 Å². The lowest BCUT2D eigenvalue weighted by atomic mass is 10.1. The first-order chi connectivity index (χ1) is 17.2. The molecule has 35 heavy (non-hydrogen) atoms. The van der Waals surface area contributed by atoms with Crippen molar-refractivity contribution >= 4 is 50.6 Å². The number of nitrogens with zero attached hydrogens (tertiary/aromatic N) is 4. The van der Waals surface area contributed by atoms with E-state index in [9.17, 15) is 4.79 Å². The minimum Gasteiger partial charge on any atom is -0.272 e. The Labute approximate surface area is 215 Å². The Morgan fingerprint density at radius 1 is 0.914 bits per heavy atom. The summed E-state index contributed by atoms with van der Waals surface area (Å²) in [5.74, 6) is 0.638. The highest BCUT2D eigenvalue weighted by Crippen LogP contribution is 2.28. The van der Waals surface area contributed by atoms with Gasteiger partial charge in [0.1, 0.15) is 0 Å². The van der Waals surface area contributed by atoms with Crippen molar-refractivity contribution in [3.8, 4) is 17.1 Å². The van der Waals surface area contributed by atoms with Gasteiger partial charge >= 0.3 is 0 Å². The fourth-order valence-electron chi connectivity index (χ4n) is 3.66. The number of halogens is 1. The van der Waals surface area contributed by atoms with E-state index in [2.05, 4.69) is 36.7 Å². The second-order valence-corrected chi connectivity index (χ2v) is 9.49. The van der Waals surface area contributed by atoms with Crippen LogP contribution in [0.25, 0.3) is 27.8 Å². The molecule has 1 heterocycles. The topological polar surface area (TPSA) is 72.2 Å². The number of hydrogen-bond donors (Lipinski definition) is 1. The van der Waals surface area contributed by atoms with Crippen LogP contribution in [0.3, 0.4) is 0 Å². The number of fused-ring (bicyclic) bond motifs is 1. The zero-order chi connectivity index (χ0) is 24.0. The van der Waals surface area contributed by atoms with Crippen LogP contribution in [0.5, 0.6) is 0 Å². The van der Waals surface area contributed by atoms with E-state index < -0.39 is 0 Å². The first-order valence-electron chi connectivity index (χ1n) is 10.9. The lowest BCUT2D eigenvalue weighted by Gasteiger charge is -2.10. The van der Waals surface area contributed by atoms with E-state index in [1.807, 2.05) is 102 Å². The van der Waals surface area contributed by atoms with Crippen molar-refractivity contribution in [1.29, 1.82) is 0 Å². The van der Waals surface area contributed by atoms with Gasteiger partial charge in [0.25, 0.3) is 5.91 Å². The molecule has 0 saturated carbocycles. The third-order valence-electron chi connectivity index (χ3n) is 5.30. The van der Waals surface area contributed by atoms with E-state index in [0.717, 1.165) is 32.1 Å². The van der Waals surface area contributed by atoms with Gasteiger partial charge in [-0.2, -0.15) is 5.10 Å². The fourth-order valence-corrected chi connectivity index (χ4v) is 4.67. The number of aromatic nitrogens is 3. The van der Waals surface area contributed by atoms with Crippen molar-refractivity contribution in [1.82, 2.24) is 20.2 Å². The van der Waals surface area contributed by atoms with E-state index >= 15 is 0 Å². The summed E-state index contributed by atoms with van der Waals surface area (Å²) < 4.78 is 2.94. The second kappa shape index (κ2) is 10.7. The standard InChI is InChI=1S/C27H20BrN5OS/c28-22-13-15-23(16-14-22)33-26(20-8-2-1-3-9-20)31-32-27(33)35-18-25(34)30-29-17-21-11-6-10-19-7-4-5-12-24(19)21/h1-17H,18H2,(H,30,34)/b29-17-. The summed E-state index contributed by atoms with van der Waals surface area (Å²) in [6.07, 6.45) is 1.67. The minimum absolute atomic E-state index is 0.149. The number of benzene rings is 4. The van der Waals surface area contributed by atoms with Crippen LogP contribution in [0, 0.1) is 0 Å². The van der Waals surface area contributed by atoms with Gasteiger partial charge in [0.15, 0.2) is 11.0 Å². The highest BCUT2D eigenvalue weighted by atomic mass is 79.9. The molecule has 0 aliphatic heterocycles. The van der Waals surface area contributed by atoms with Crippen LogP contribution in [-0.2, 0) is 4.79 Å². The molecule has 0 fully saturated rings. The van der Waals surface area contributed by atoms with Gasteiger partial charge in [0.05, 0.1) is 12.0 Å². The van der Waals surface area contributed by atoms with Crippen molar-refractivity contribution in [2.45, 2.75) is 5.16 Å². The number of nitrogens with one attached hydrogen (secondary N) is 1. The maximum atomic E-state index is 12.5. The van der Waals surface area contributed by atoms with Crippen LogP contribution in [-0.4, -0.2) is 32.6 Å². The summed E-state index contributed by atoms with van der Waals surface area (Å²) in [5, 5.41) is 15.8. The summed E-state index contributed by atoms with van der Waals surface area (Å²) in [7, 11) is 0. The van der Waals surface area contributed by atoms with Crippen molar-refractivity contribution in [3.05, 3.63) is 107 Å². The lowest BCUT2D eigenvalue weighted by Crippen LogP contribution is -2.20. The number of carbonyl (C=O) groups is 1. The molecule has 8 heteroatoms. The smallest absolute Gasteiger partial charge is 0.250 e. The predicted octanol–water partition coefficient (Wildman–Crippen LogP) is 6.09. The molecule has 4 aromatic carbocycles. The maximum Gasteiger partial charge on any atom is 0.250 e. The Morgan fingerprint density at radius 2 is 1.66 bits per heavy atom. The molecule has 0 aliphatic carbocycles. The molecule has 1 aromatic heterocycles. The first-order valence-corrected chi connectivity index (χ1v) is 12.7. The summed E-state index contributed by atoms with van der Waals surface area (Å²) in [6.45, 7) is 0. The van der Waals surface area contributed by atoms with Crippen LogP contribution in [0.4, 0.5) is 0 Å². The third-order valence-corrected chi connectivity index (χ3v) is 6.76. The number of hydrogen-bond acceptors (Lipinski definition) is 5. The molecule has 0 spiro atoms. The Kier molecular flexibility index (Phi) is 7.02. The molecule has 0 bridgehead atoms. The zero-order valence-corrected chi connectivity index (χ0v) is 20.9. The normalized spacial score (nSPS) is 11.2. The average molecular weight is 542 g/mol. The second-order valence-electron chi connectivity index (χ2n) is 7.63. The van der Waals surface area contributed by atoms with Crippen molar-refractivity contribution in [2.24, 2.45) is 5.10 Å². The fraction of sp³-hybridized carbons (Fsp3) is 0.0370. The summed E-state index contributed by atoms with van der Waals surface area (Å²) in [4.78, 5) is 12.5. The van der Waals surface area contributed by atoms with Gasteiger partial charge in [-0.25, -0.2) is 5.43 Å². The molecule has 0 atom stereocenters. The predicted molar refractivity (Wildman–Crippen MR) is 145 cm³/mol. The molecule has 0 unspecified atom stereocenters. The van der Waals surface area contributed by atoms with Crippen molar-refractivity contribution in [3.63, 3.8) is 0 Å². The quantitative estimate of drug-likeness (QED) is 0.154. The SMILES string of the molecule is O=C(CSc1nnc(-c2ccccc2)n1-c1ccc(Br)cc1)N/N=C\c1cccc2ccccc12. The van der Waals surface area contributed by atoms with Gasteiger partial charge in [-0.15, -0.1) is 10.2 Å². The maximum absolute atomic E-state index is 12.5. The van der Waals surface area contributed by atoms with Crippen molar-refractivity contribution in [2.75, 3.05) is 5.75 Å². The highest BCUT2D eigenvalue weighted by Gasteiger charge is 2.17. The zero-order valence-electron chi connectivity index (χ0n) is 18.5. The number of amides is 1. The van der Waals surface area contributed by atoms with Crippen LogP contribution in [0.2, 0.25) is 0 Å². The molecule has 172 valence electrons. The Hall–Kier alpha value is -3.75. The van der Waals surface area contributed by atoms with E-state index in [0.29, 0.717) is 11.0 Å². The van der Waals surface area contributed by atoms with Gasteiger partial charge in [-0.05, 0) is 35.0 Å². The minimum atomic E-state index is -0.224. The summed E-state index contributed by atoms with van der Waals surface area (Å²) >= 11 is 4.79. The van der Waals surface area contributed by atoms with Crippen LogP contribution in [0.15, 0.2) is 112 Å². The Balaban J connectivity index is 1.32. The van der Waals surface area contributed by atoms with E-state index in [-0.39, 0.29) is 11.7 Å². The first kappa shape index (κ1) is 23.0. The van der Waals surface area contributed by atoms with Gasteiger partial charge < -0.3 is 0 Å². The summed E-state index contributed by atoms with van der Waals surface area (Å²) in [6, 6.07) is 31.8. The van der Waals surface area contributed by atoms with Crippen LogP contribution < -0.4 is 5.43 Å². The molecule has 1 amide bonds. The highest BCUT2D eigenvalue weighted by molar-refractivity contribution is 9.10. The van der Waals surface area contributed by atoms with Crippen LogP contribution >= 0.6 is 27.7 Å². The average Bonchev–Trinajstić information content (AvgIpc) is 3.32. The molecular formula is C27H20BrN5OS. The Bertz CT molecular complexity index is 1490. The van der Waals surface area contributed by atoms with E-state index in [4.69, 9.17) is 0 Å². The molecule has 5 rings (SSSR count). The summed E-state index contributed by atoms with van der Waals surface area (Å²) in [5.41, 5.74) is 5.41. The third kappa shape index (κ3) is 5.34. The monoisotopic (exact) mass is 541 g/mol. The number of rotatable bonds is 7. The van der Waals surface area contributed by atoms with Gasteiger partial charge in [0, 0.05) is 21.3 Å². The Morgan fingerprint density at radius 3 is 2.49 bits per heavy atom. The molecule has 5 aromatic rings. The molecule has 0 aliphatic rings. The lowest BCUT2D eigenvalue weighted by molar-refractivity contribution is -0.118. The van der Waals surface area contributed by atoms with Crippen LogP contribution in [0.1, 0.15) is 5.56 Å². The van der Waals surface area contributed by atoms with E-state index in [1.54, 1.807) is 6.21 Å². The van der Waals surface area contributed by atoms with Crippen molar-refractivity contribution < 1.29 is 4.79 Å². The van der Waals surface area contributed by atoms with Gasteiger partial charge in [-0.1, -0.05) is 100 Å². The molecule has 0 radical (unpaired) electrons. The number of carbonyl (C=O) groups excluding carboxylic acids is 1. The largest absolute Gasteiger partial charge is 0.272 e. The molecular weight excluding hydrogens is 522 g/mol. The number of thioether (sulfide) groups is 1. The molecule has 6 nitrogen and oxygen atoms in total. The molecule has 1 N–H and O–H groups in total. The van der Waals surface area contributed by atoms with Gasteiger partial charge in [-0.3, -0.25) is 9.36 Å². The number of hydrazone groups is 1. The van der Waals surface area contributed by atoms with Gasteiger partial charge in [0.2, 0.25) is 0 Å².